The molecule has 3 heteroatoms. The quantitative estimate of drug-likeness (QED) is 0.844. The minimum Gasteiger partial charge on any atom is -0.490 e. The van der Waals surface area contributed by atoms with Crippen LogP contribution in [0.3, 0.4) is 0 Å². The van der Waals surface area contributed by atoms with E-state index in [9.17, 15) is 5.11 Å². The van der Waals surface area contributed by atoms with Crippen molar-refractivity contribution in [2.24, 2.45) is 5.41 Å². The molecule has 0 saturated heterocycles. The molecule has 2 atom stereocenters. The van der Waals surface area contributed by atoms with Crippen LogP contribution in [-0.2, 0) is 0 Å². The highest BCUT2D eigenvalue weighted by molar-refractivity contribution is 14.1. The van der Waals surface area contributed by atoms with Gasteiger partial charge < -0.3 is 9.84 Å². The Balaban J connectivity index is 2.07. The van der Waals surface area contributed by atoms with E-state index in [2.05, 4.69) is 36.4 Å². The van der Waals surface area contributed by atoms with E-state index in [1.54, 1.807) is 0 Å². The van der Waals surface area contributed by atoms with Gasteiger partial charge in [0.25, 0.3) is 0 Å². The Morgan fingerprint density at radius 3 is 2.35 bits per heavy atom. The summed E-state index contributed by atoms with van der Waals surface area (Å²) in [5, 5.41) is 9.97. The van der Waals surface area contributed by atoms with E-state index in [0.29, 0.717) is 0 Å². The highest BCUT2D eigenvalue weighted by Crippen LogP contribution is 2.48. The predicted octanol–water partition coefficient (Wildman–Crippen LogP) is 3.61. The number of hydrogen-bond donors (Lipinski definition) is 1. The minimum atomic E-state index is -0.202. The van der Waals surface area contributed by atoms with Crippen LogP contribution in [0.4, 0.5) is 0 Å². The molecular weight excluding hydrogens is 327 g/mol. The second-order valence-corrected chi connectivity index (χ2v) is 6.00. The Morgan fingerprint density at radius 1 is 1.29 bits per heavy atom. The summed E-state index contributed by atoms with van der Waals surface area (Å²) in [5.74, 6) is 0.911. The molecule has 1 aliphatic rings. The normalized spacial score (nSPS) is 26.4. The summed E-state index contributed by atoms with van der Waals surface area (Å²) in [6, 6.07) is 8.10. The monoisotopic (exact) mass is 346 g/mol. The lowest BCUT2D eigenvalue weighted by Gasteiger charge is -2.52. The van der Waals surface area contributed by atoms with Gasteiger partial charge in [0.1, 0.15) is 11.9 Å². The summed E-state index contributed by atoms with van der Waals surface area (Å²) >= 11 is 2.28. The molecule has 0 aliphatic heterocycles. The van der Waals surface area contributed by atoms with Crippen molar-refractivity contribution in [3.05, 3.63) is 27.8 Å². The fourth-order valence-electron chi connectivity index (χ4n) is 2.75. The SMILES string of the molecule is CCC1(CC)C(O)CC1Oc1ccc(I)cc1. The fourth-order valence-corrected chi connectivity index (χ4v) is 3.11. The van der Waals surface area contributed by atoms with Gasteiger partial charge in [-0.2, -0.15) is 0 Å². The van der Waals surface area contributed by atoms with E-state index in [1.165, 1.54) is 3.57 Å². The van der Waals surface area contributed by atoms with Crippen LogP contribution < -0.4 is 4.74 Å². The van der Waals surface area contributed by atoms with Crippen molar-refractivity contribution < 1.29 is 9.84 Å². The molecule has 1 aromatic rings. The molecule has 0 bridgehead atoms. The second kappa shape index (κ2) is 5.14. The number of benzene rings is 1. The van der Waals surface area contributed by atoms with Crippen LogP contribution in [0.2, 0.25) is 0 Å². The Bertz CT molecular complexity index is 370. The van der Waals surface area contributed by atoms with Gasteiger partial charge in [-0.15, -0.1) is 0 Å². The number of halogens is 1. The summed E-state index contributed by atoms with van der Waals surface area (Å²) in [6.45, 7) is 4.27. The molecule has 1 saturated carbocycles. The number of aliphatic hydroxyl groups excluding tert-OH is 1. The van der Waals surface area contributed by atoms with Gasteiger partial charge in [-0.3, -0.25) is 0 Å². The van der Waals surface area contributed by atoms with Gasteiger partial charge in [-0.1, -0.05) is 13.8 Å². The topological polar surface area (TPSA) is 29.5 Å². The molecule has 17 heavy (non-hydrogen) atoms. The summed E-state index contributed by atoms with van der Waals surface area (Å²) in [6.07, 6.45) is 2.66. The van der Waals surface area contributed by atoms with Crippen LogP contribution in [0.25, 0.3) is 0 Å². The Hall–Kier alpha value is -0.290. The van der Waals surface area contributed by atoms with Crippen molar-refractivity contribution in [3.8, 4) is 5.75 Å². The zero-order valence-corrected chi connectivity index (χ0v) is 12.5. The van der Waals surface area contributed by atoms with E-state index in [-0.39, 0.29) is 17.6 Å². The van der Waals surface area contributed by atoms with Gasteiger partial charge in [-0.25, -0.2) is 0 Å². The molecule has 1 N–H and O–H groups in total. The smallest absolute Gasteiger partial charge is 0.119 e. The fraction of sp³-hybridized carbons (Fsp3) is 0.571. The third kappa shape index (κ3) is 2.32. The van der Waals surface area contributed by atoms with Crippen LogP contribution in [0.1, 0.15) is 33.1 Å². The third-order valence-electron chi connectivity index (χ3n) is 4.15. The van der Waals surface area contributed by atoms with E-state index >= 15 is 0 Å². The predicted molar refractivity (Wildman–Crippen MR) is 77.2 cm³/mol. The van der Waals surface area contributed by atoms with Crippen LogP contribution in [-0.4, -0.2) is 17.3 Å². The van der Waals surface area contributed by atoms with Crippen molar-refractivity contribution in [1.29, 1.82) is 0 Å². The molecule has 1 fully saturated rings. The highest BCUT2D eigenvalue weighted by atomic mass is 127. The molecule has 1 aliphatic carbocycles. The molecule has 2 rings (SSSR count). The minimum absolute atomic E-state index is 0.0387. The summed E-state index contributed by atoms with van der Waals surface area (Å²) in [4.78, 5) is 0. The number of hydrogen-bond acceptors (Lipinski definition) is 2. The molecule has 0 radical (unpaired) electrons. The molecule has 0 spiro atoms. The highest BCUT2D eigenvalue weighted by Gasteiger charge is 2.53. The van der Waals surface area contributed by atoms with E-state index in [1.807, 2.05) is 24.3 Å². The first-order chi connectivity index (χ1) is 8.12. The van der Waals surface area contributed by atoms with Gasteiger partial charge in [0.05, 0.1) is 6.10 Å². The van der Waals surface area contributed by atoms with Crippen molar-refractivity contribution >= 4 is 22.6 Å². The van der Waals surface area contributed by atoms with Gasteiger partial charge in [0.15, 0.2) is 0 Å². The summed E-state index contributed by atoms with van der Waals surface area (Å²) in [7, 11) is 0. The van der Waals surface area contributed by atoms with Crippen molar-refractivity contribution in [2.75, 3.05) is 0 Å². The average Bonchev–Trinajstić information content (AvgIpc) is 2.33. The number of rotatable bonds is 4. The van der Waals surface area contributed by atoms with Crippen LogP contribution in [0.5, 0.6) is 5.75 Å². The zero-order chi connectivity index (χ0) is 12.5. The molecule has 0 aromatic heterocycles. The standard InChI is InChI=1S/C14H19IO2/c1-3-14(4-2)12(16)9-13(14)17-11-7-5-10(15)6-8-11/h5-8,12-13,16H,3-4,9H2,1-2H3. The van der Waals surface area contributed by atoms with Gasteiger partial charge in [0.2, 0.25) is 0 Å². The van der Waals surface area contributed by atoms with Crippen molar-refractivity contribution in [1.82, 2.24) is 0 Å². The van der Waals surface area contributed by atoms with Crippen LogP contribution >= 0.6 is 22.6 Å². The molecular formula is C14H19IO2. The first kappa shape index (κ1) is 13.1. The maximum Gasteiger partial charge on any atom is 0.119 e. The van der Waals surface area contributed by atoms with E-state index < -0.39 is 0 Å². The zero-order valence-electron chi connectivity index (χ0n) is 10.3. The van der Waals surface area contributed by atoms with E-state index in [0.717, 1.165) is 25.0 Å². The van der Waals surface area contributed by atoms with Gasteiger partial charge in [-0.05, 0) is 59.7 Å². The van der Waals surface area contributed by atoms with Gasteiger partial charge >= 0.3 is 0 Å². The Morgan fingerprint density at radius 2 is 1.88 bits per heavy atom. The molecule has 94 valence electrons. The molecule has 2 unspecified atom stereocenters. The molecule has 0 amide bonds. The third-order valence-corrected chi connectivity index (χ3v) is 4.87. The van der Waals surface area contributed by atoms with Crippen LogP contribution in [0.15, 0.2) is 24.3 Å². The maximum absolute atomic E-state index is 9.97. The summed E-state index contributed by atoms with van der Waals surface area (Å²) in [5.41, 5.74) is -0.0387. The Labute approximate surface area is 117 Å². The molecule has 2 nitrogen and oxygen atoms in total. The Kier molecular flexibility index (Phi) is 3.98. The first-order valence-electron chi connectivity index (χ1n) is 6.22. The van der Waals surface area contributed by atoms with Crippen molar-refractivity contribution in [2.45, 2.75) is 45.3 Å². The van der Waals surface area contributed by atoms with E-state index in [4.69, 9.17) is 4.74 Å². The molecule has 1 aromatic carbocycles. The van der Waals surface area contributed by atoms with Gasteiger partial charge in [0, 0.05) is 15.4 Å². The van der Waals surface area contributed by atoms with Crippen LogP contribution in [0, 0.1) is 8.99 Å². The first-order valence-corrected chi connectivity index (χ1v) is 7.30. The lowest BCUT2D eigenvalue weighted by atomic mass is 9.60. The van der Waals surface area contributed by atoms with Crippen molar-refractivity contribution in [3.63, 3.8) is 0 Å². The maximum atomic E-state index is 9.97. The molecule has 0 heterocycles. The largest absolute Gasteiger partial charge is 0.490 e. The number of ether oxygens (including phenoxy) is 1. The lowest BCUT2D eigenvalue weighted by molar-refractivity contribution is -0.159. The average molecular weight is 346 g/mol. The summed E-state index contributed by atoms with van der Waals surface area (Å²) < 4.78 is 7.22. The lowest BCUT2D eigenvalue weighted by Crippen LogP contribution is -2.59. The number of aliphatic hydroxyl groups is 1. The second-order valence-electron chi connectivity index (χ2n) is 4.75.